The topological polar surface area (TPSA) is 55.1 Å². The van der Waals surface area contributed by atoms with Crippen molar-refractivity contribution in [2.24, 2.45) is 5.73 Å². The summed E-state index contributed by atoms with van der Waals surface area (Å²) in [5, 5.41) is 2.41. The Labute approximate surface area is 79.7 Å². The first-order valence-electron chi connectivity index (χ1n) is 3.59. The van der Waals surface area contributed by atoms with E-state index in [1.54, 1.807) is 0 Å². The number of rotatable bonds is 2. The van der Waals surface area contributed by atoms with Crippen LogP contribution in [0.2, 0.25) is 5.02 Å². The largest absolute Gasteiger partial charge is 0.322 e. The number of hydrogen-bond donors (Lipinski definition) is 2. The van der Waals surface area contributed by atoms with Gasteiger partial charge in [-0.2, -0.15) is 0 Å². The van der Waals surface area contributed by atoms with Crippen molar-refractivity contribution in [3.63, 3.8) is 0 Å². The second-order valence-electron chi connectivity index (χ2n) is 2.35. The van der Waals surface area contributed by atoms with Gasteiger partial charge in [-0.25, -0.2) is 4.39 Å². The monoisotopic (exact) mass is 202 g/mol. The predicted molar refractivity (Wildman–Crippen MR) is 49.1 cm³/mol. The van der Waals surface area contributed by atoms with E-state index < -0.39 is 11.7 Å². The van der Waals surface area contributed by atoms with Crippen LogP contribution in [0.3, 0.4) is 0 Å². The van der Waals surface area contributed by atoms with Gasteiger partial charge in [0.25, 0.3) is 0 Å². The van der Waals surface area contributed by atoms with Gasteiger partial charge in [-0.1, -0.05) is 17.7 Å². The molecule has 5 heteroatoms. The minimum absolute atomic E-state index is 0.0281. The average Bonchev–Trinajstić information content (AvgIpc) is 2.11. The normalized spacial score (nSPS) is 9.77. The van der Waals surface area contributed by atoms with E-state index in [0.29, 0.717) is 0 Å². The summed E-state index contributed by atoms with van der Waals surface area (Å²) >= 11 is 5.64. The number of carbonyl (C=O) groups excluding carboxylic acids is 1. The molecule has 1 aromatic carbocycles. The highest BCUT2D eigenvalue weighted by molar-refractivity contribution is 6.33. The fraction of sp³-hybridized carbons (Fsp3) is 0.125. The second-order valence-corrected chi connectivity index (χ2v) is 2.76. The summed E-state index contributed by atoms with van der Waals surface area (Å²) in [5.74, 6) is -1.05. The third kappa shape index (κ3) is 2.40. The SMILES string of the molecule is NCC(=O)Nc1c(F)cccc1Cl. The van der Waals surface area contributed by atoms with E-state index in [1.165, 1.54) is 18.2 Å². The highest BCUT2D eigenvalue weighted by Crippen LogP contribution is 2.24. The fourth-order valence-electron chi connectivity index (χ4n) is 0.808. The quantitative estimate of drug-likeness (QED) is 0.761. The molecular weight excluding hydrogens is 195 g/mol. The van der Waals surface area contributed by atoms with Gasteiger partial charge in [0.2, 0.25) is 5.91 Å². The first-order valence-corrected chi connectivity index (χ1v) is 3.97. The van der Waals surface area contributed by atoms with Crippen LogP contribution in [-0.2, 0) is 4.79 Å². The fourth-order valence-corrected chi connectivity index (χ4v) is 1.02. The molecule has 0 unspecified atom stereocenters. The molecular formula is C8H8ClFN2O. The Morgan fingerprint density at radius 3 is 2.85 bits per heavy atom. The molecule has 0 radical (unpaired) electrons. The Morgan fingerprint density at radius 2 is 2.31 bits per heavy atom. The van der Waals surface area contributed by atoms with Crippen LogP contribution in [0.5, 0.6) is 0 Å². The van der Waals surface area contributed by atoms with E-state index >= 15 is 0 Å². The van der Waals surface area contributed by atoms with Gasteiger partial charge in [-0.05, 0) is 12.1 Å². The number of nitrogens with two attached hydrogens (primary N) is 1. The molecule has 0 heterocycles. The Hall–Kier alpha value is -1.13. The van der Waals surface area contributed by atoms with Crippen LogP contribution >= 0.6 is 11.6 Å². The van der Waals surface area contributed by atoms with Crippen LogP contribution in [0.15, 0.2) is 18.2 Å². The van der Waals surface area contributed by atoms with E-state index in [0.717, 1.165) is 0 Å². The Morgan fingerprint density at radius 1 is 1.62 bits per heavy atom. The number of anilines is 1. The first kappa shape index (κ1) is 9.95. The molecule has 0 aliphatic carbocycles. The number of benzene rings is 1. The summed E-state index contributed by atoms with van der Waals surface area (Å²) in [6.07, 6.45) is 0. The standard InChI is InChI=1S/C8H8ClFN2O/c9-5-2-1-3-6(10)8(5)12-7(13)4-11/h1-3H,4,11H2,(H,12,13). The third-order valence-corrected chi connectivity index (χ3v) is 1.73. The number of hydrogen-bond acceptors (Lipinski definition) is 2. The van der Waals surface area contributed by atoms with Crippen LogP contribution in [0.4, 0.5) is 10.1 Å². The molecule has 0 spiro atoms. The average molecular weight is 203 g/mol. The van der Waals surface area contributed by atoms with Gasteiger partial charge in [0.15, 0.2) is 0 Å². The van der Waals surface area contributed by atoms with Crippen molar-refractivity contribution in [3.05, 3.63) is 29.0 Å². The molecule has 1 amide bonds. The molecule has 0 bridgehead atoms. The lowest BCUT2D eigenvalue weighted by atomic mass is 10.3. The Kier molecular flexibility index (Phi) is 3.22. The molecule has 3 N–H and O–H groups in total. The van der Waals surface area contributed by atoms with Gasteiger partial charge in [0, 0.05) is 0 Å². The molecule has 3 nitrogen and oxygen atoms in total. The van der Waals surface area contributed by atoms with E-state index in [9.17, 15) is 9.18 Å². The van der Waals surface area contributed by atoms with Crippen molar-refractivity contribution in [2.45, 2.75) is 0 Å². The molecule has 70 valence electrons. The van der Waals surface area contributed by atoms with Crippen molar-refractivity contribution in [3.8, 4) is 0 Å². The van der Waals surface area contributed by atoms with Gasteiger partial charge in [-0.15, -0.1) is 0 Å². The number of para-hydroxylation sites is 1. The van der Waals surface area contributed by atoms with E-state index in [4.69, 9.17) is 17.3 Å². The summed E-state index contributed by atoms with van der Waals surface area (Å²) in [6, 6.07) is 4.14. The molecule has 1 aromatic rings. The summed E-state index contributed by atoms with van der Waals surface area (Å²) in [6.45, 7) is -0.204. The van der Waals surface area contributed by atoms with Crippen molar-refractivity contribution in [1.29, 1.82) is 0 Å². The molecule has 0 fully saturated rings. The van der Waals surface area contributed by atoms with Gasteiger partial charge in [-0.3, -0.25) is 4.79 Å². The van der Waals surface area contributed by atoms with Gasteiger partial charge >= 0.3 is 0 Å². The lowest BCUT2D eigenvalue weighted by Crippen LogP contribution is -2.22. The van der Waals surface area contributed by atoms with Crippen LogP contribution < -0.4 is 11.1 Å². The van der Waals surface area contributed by atoms with Gasteiger partial charge < -0.3 is 11.1 Å². The van der Waals surface area contributed by atoms with Crippen LogP contribution in [0.1, 0.15) is 0 Å². The van der Waals surface area contributed by atoms with Crippen LogP contribution in [0, 0.1) is 5.82 Å². The van der Waals surface area contributed by atoms with Gasteiger partial charge in [0.05, 0.1) is 17.3 Å². The summed E-state index contributed by atoms with van der Waals surface area (Å²) in [5.41, 5.74) is 5.01. The summed E-state index contributed by atoms with van der Waals surface area (Å²) < 4.78 is 13.0. The number of amides is 1. The highest BCUT2D eigenvalue weighted by Gasteiger charge is 2.08. The van der Waals surface area contributed by atoms with Crippen molar-refractivity contribution in [1.82, 2.24) is 0 Å². The minimum Gasteiger partial charge on any atom is -0.322 e. The summed E-state index contributed by atoms with van der Waals surface area (Å²) in [4.78, 5) is 10.8. The van der Waals surface area contributed by atoms with E-state index in [-0.39, 0.29) is 17.3 Å². The number of nitrogens with one attached hydrogen (secondary N) is 1. The molecule has 1 rings (SSSR count). The summed E-state index contributed by atoms with van der Waals surface area (Å²) in [7, 11) is 0. The molecule has 0 aliphatic heterocycles. The highest BCUT2D eigenvalue weighted by atomic mass is 35.5. The molecule has 0 saturated carbocycles. The maximum atomic E-state index is 13.0. The second kappa shape index (κ2) is 4.20. The molecule has 0 aromatic heterocycles. The lowest BCUT2D eigenvalue weighted by Gasteiger charge is -2.06. The zero-order chi connectivity index (χ0) is 9.84. The Balaban J connectivity index is 2.93. The van der Waals surface area contributed by atoms with E-state index in [1.807, 2.05) is 0 Å². The first-order chi connectivity index (χ1) is 6.15. The number of halogens is 2. The lowest BCUT2D eigenvalue weighted by molar-refractivity contribution is -0.114. The van der Waals surface area contributed by atoms with E-state index in [2.05, 4.69) is 5.32 Å². The third-order valence-electron chi connectivity index (χ3n) is 1.41. The maximum Gasteiger partial charge on any atom is 0.238 e. The van der Waals surface area contributed by atoms with Gasteiger partial charge in [0.1, 0.15) is 5.82 Å². The zero-order valence-electron chi connectivity index (χ0n) is 6.68. The molecule has 0 aliphatic rings. The molecule has 0 atom stereocenters. The van der Waals surface area contributed by atoms with Crippen molar-refractivity contribution >= 4 is 23.2 Å². The number of carbonyl (C=O) groups is 1. The van der Waals surface area contributed by atoms with Crippen molar-refractivity contribution < 1.29 is 9.18 Å². The zero-order valence-corrected chi connectivity index (χ0v) is 7.44. The van der Waals surface area contributed by atoms with Crippen LogP contribution in [-0.4, -0.2) is 12.5 Å². The molecule has 0 saturated heterocycles. The van der Waals surface area contributed by atoms with Crippen LogP contribution in [0.25, 0.3) is 0 Å². The maximum absolute atomic E-state index is 13.0. The molecule has 13 heavy (non-hydrogen) atoms. The smallest absolute Gasteiger partial charge is 0.238 e. The Bertz CT molecular complexity index is 310. The minimum atomic E-state index is -0.575. The predicted octanol–water partition coefficient (Wildman–Crippen LogP) is 1.38. The van der Waals surface area contributed by atoms with Crippen molar-refractivity contribution in [2.75, 3.05) is 11.9 Å².